The van der Waals surface area contributed by atoms with Gasteiger partial charge in [-0.2, -0.15) is 0 Å². The van der Waals surface area contributed by atoms with Crippen LogP contribution in [0.15, 0.2) is 24.2 Å². The van der Waals surface area contributed by atoms with E-state index in [0.717, 1.165) is 17.4 Å². The lowest BCUT2D eigenvalue weighted by Crippen LogP contribution is -1.88. The van der Waals surface area contributed by atoms with E-state index in [1.54, 1.807) is 0 Å². The molecule has 0 bridgehead atoms. The van der Waals surface area contributed by atoms with Gasteiger partial charge in [0.2, 0.25) is 0 Å². The summed E-state index contributed by atoms with van der Waals surface area (Å²) in [5, 5.41) is 0. The highest BCUT2D eigenvalue weighted by Gasteiger charge is 2.18. The maximum Gasteiger partial charge on any atom is 0.165 e. The second kappa shape index (κ2) is 11.4. The molecule has 90 valence electrons. The van der Waals surface area contributed by atoms with Gasteiger partial charge in [0.25, 0.3) is 0 Å². The molecule has 0 aromatic rings. The number of epoxide rings is 1. The second-order valence-electron chi connectivity index (χ2n) is 3.48. The first-order valence-corrected chi connectivity index (χ1v) is 6.19. The summed E-state index contributed by atoms with van der Waals surface area (Å²) in [5.41, 5.74) is 0. The van der Waals surface area contributed by atoms with Crippen molar-refractivity contribution in [1.82, 2.24) is 0 Å². The fraction of sp³-hybridized carbons (Fsp3) is 0.714. The normalized spacial score (nSPS) is 16.7. The molecule has 1 atom stereocenters. The lowest BCUT2D eigenvalue weighted by Gasteiger charge is -2.02. The molecular formula is C14H28O. The van der Waals surface area contributed by atoms with E-state index >= 15 is 0 Å². The van der Waals surface area contributed by atoms with E-state index in [2.05, 4.69) is 27.4 Å². The molecule has 0 aliphatic carbocycles. The summed E-state index contributed by atoms with van der Waals surface area (Å²) < 4.78 is 4.73. The third kappa shape index (κ3) is 11.2. The molecule has 0 saturated carbocycles. The second-order valence-corrected chi connectivity index (χ2v) is 3.48. The van der Waals surface area contributed by atoms with Crippen LogP contribution in [0.3, 0.4) is 0 Å². The summed E-state index contributed by atoms with van der Waals surface area (Å²) in [5.74, 6) is 2.71. The van der Waals surface area contributed by atoms with E-state index in [4.69, 9.17) is 4.74 Å². The van der Waals surface area contributed by atoms with E-state index < -0.39 is 0 Å². The maximum atomic E-state index is 4.73. The lowest BCUT2D eigenvalue weighted by atomic mass is 10.0. The highest BCUT2D eigenvalue weighted by molar-refractivity contribution is 5.30. The largest absolute Gasteiger partial charge is 0.451 e. The summed E-state index contributed by atoms with van der Waals surface area (Å²) in [7, 11) is 0. The van der Waals surface area contributed by atoms with Gasteiger partial charge in [-0.3, -0.25) is 0 Å². The van der Waals surface area contributed by atoms with Crippen LogP contribution < -0.4 is 0 Å². The first-order chi connectivity index (χ1) is 7.15. The smallest absolute Gasteiger partial charge is 0.165 e. The van der Waals surface area contributed by atoms with Crippen molar-refractivity contribution in [2.75, 3.05) is 0 Å². The SMILES string of the molecule is C=C1O/C1=C/C.CC.CCCC(C)CC. The van der Waals surface area contributed by atoms with Gasteiger partial charge in [-0.15, -0.1) is 0 Å². The van der Waals surface area contributed by atoms with Gasteiger partial charge >= 0.3 is 0 Å². The highest BCUT2D eigenvalue weighted by atomic mass is 16.6. The molecule has 0 aromatic carbocycles. The molecule has 1 heterocycles. The number of rotatable bonds is 3. The summed E-state index contributed by atoms with van der Waals surface area (Å²) >= 11 is 0. The van der Waals surface area contributed by atoms with Crippen LogP contribution in [-0.2, 0) is 4.74 Å². The van der Waals surface area contributed by atoms with Gasteiger partial charge < -0.3 is 4.74 Å². The Bertz CT molecular complexity index is 180. The summed E-state index contributed by atoms with van der Waals surface area (Å²) in [6, 6.07) is 0. The third-order valence-electron chi connectivity index (χ3n) is 2.21. The Kier molecular flexibility index (Phi) is 12.6. The van der Waals surface area contributed by atoms with Gasteiger partial charge in [-0.25, -0.2) is 0 Å². The molecule has 1 aliphatic rings. The van der Waals surface area contributed by atoms with Gasteiger partial charge in [0.1, 0.15) is 0 Å². The Morgan fingerprint density at radius 1 is 1.33 bits per heavy atom. The Balaban J connectivity index is 0. The molecule has 0 aromatic heterocycles. The molecule has 0 N–H and O–H groups in total. The zero-order valence-corrected chi connectivity index (χ0v) is 11.4. The summed E-state index contributed by atoms with van der Waals surface area (Å²) in [4.78, 5) is 0. The molecule has 1 nitrogen and oxygen atoms in total. The Morgan fingerprint density at radius 3 is 1.87 bits per heavy atom. The van der Waals surface area contributed by atoms with Crippen LogP contribution in [0.4, 0.5) is 0 Å². The van der Waals surface area contributed by atoms with Crippen molar-refractivity contribution in [1.29, 1.82) is 0 Å². The third-order valence-corrected chi connectivity index (χ3v) is 2.21. The highest BCUT2D eigenvalue weighted by Crippen LogP contribution is 2.28. The molecule has 1 aliphatic heterocycles. The van der Waals surface area contributed by atoms with Crippen LogP contribution in [-0.4, -0.2) is 0 Å². The number of ether oxygens (including phenoxy) is 1. The van der Waals surface area contributed by atoms with Crippen molar-refractivity contribution >= 4 is 0 Å². The Hall–Kier alpha value is -0.720. The molecule has 1 saturated heterocycles. The van der Waals surface area contributed by atoms with Gasteiger partial charge in [0, 0.05) is 0 Å². The van der Waals surface area contributed by atoms with Crippen LogP contribution in [0.1, 0.15) is 60.8 Å². The van der Waals surface area contributed by atoms with E-state index in [1.807, 2.05) is 26.8 Å². The molecule has 15 heavy (non-hydrogen) atoms. The van der Waals surface area contributed by atoms with Crippen molar-refractivity contribution in [2.45, 2.75) is 60.8 Å². The molecular weight excluding hydrogens is 184 g/mol. The average molecular weight is 212 g/mol. The van der Waals surface area contributed by atoms with E-state index in [0.29, 0.717) is 0 Å². The zero-order chi connectivity index (χ0) is 12.3. The molecule has 1 unspecified atom stereocenters. The number of hydrogen-bond donors (Lipinski definition) is 0. The number of allylic oxidation sites excluding steroid dienone is 1. The van der Waals surface area contributed by atoms with Gasteiger partial charge in [-0.05, 0) is 18.9 Å². The molecule has 0 amide bonds. The van der Waals surface area contributed by atoms with Crippen LogP contribution in [0.25, 0.3) is 0 Å². The fourth-order valence-electron chi connectivity index (χ4n) is 1.02. The Labute approximate surface area is 96.2 Å². The minimum atomic E-state index is 0.817. The van der Waals surface area contributed by atoms with Crippen LogP contribution in [0.5, 0.6) is 0 Å². The molecule has 1 fully saturated rings. The minimum absolute atomic E-state index is 0.817. The van der Waals surface area contributed by atoms with Gasteiger partial charge in [0.05, 0.1) is 0 Å². The molecule has 1 heteroatoms. The summed E-state index contributed by atoms with van der Waals surface area (Å²) in [6.45, 7) is 16.3. The average Bonchev–Trinajstić information content (AvgIpc) is 2.99. The first-order valence-electron chi connectivity index (χ1n) is 6.19. The standard InChI is InChI=1S/C7H16.C5H6O.C2H6/c1-4-6-7(3)5-2;1-3-5-4(2)6-5;1-2/h7H,4-6H2,1-3H3;3H,2H2,1H3;1-2H3/b;5-3+;. The quantitative estimate of drug-likeness (QED) is 0.579. The van der Waals surface area contributed by atoms with Crippen molar-refractivity contribution in [2.24, 2.45) is 5.92 Å². The minimum Gasteiger partial charge on any atom is -0.451 e. The molecule has 1 rings (SSSR count). The van der Waals surface area contributed by atoms with Crippen LogP contribution >= 0.6 is 0 Å². The molecule has 0 spiro atoms. The van der Waals surface area contributed by atoms with E-state index in [1.165, 1.54) is 19.3 Å². The summed E-state index contributed by atoms with van der Waals surface area (Å²) in [6.07, 6.45) is 5.97. The van der Waals surface area contributed by atoms with Crippen molar-refractivity contribution < 1.29 is 4.74 Å². The number of hydrogen-bond acceptors (Lipinski definition) is 1. The van der Waals surface area contributed by atoms with Gasteiger partial charge in [0.15, 0.2) is 11.5 Å². The van der Waals surface area contributed by atoms with Crippen LogP contribution in [0.2, 0.25) is 0 Å². The van der Waals surface area contributed by atoms with Crippen molar-refractivity contribution in [3.63, 3.8) is 0 Å². The van der Waals surface area contributed by atoms with E-state index in [-0.39, 0.29) is 0 Å². The van der Waals surface area contributed by atoms with Gasteiger partial charge in [-0.1, -0.05) is 60.5 Å². The monoisotopic (exact) mass is 212 g/mol. The first kappa shape index (κ1) is 16.7. The topological polar surface area (TPSA) is 12.5 Å². The predicted octanol–water partition coefficient (Wildman–Crippen LogP) is 5.29. The fourth-order valence-corrected chi connectivity index (χ4v) is 1.02. The Morgan fingerprint density at radius 2 is 1.80 bits per heavy atom. The zero-order valence-electron chi connectivity index (χ0n) is 11.4. The van der Waals surface area contributed by atoms with Crippen LogP contribution in [0, 0.1) is 5.92 Å². The predicted molar refractivity (Wildman–Crippen MR) is 69.7 cm³/mol. The maximum absolute atomic E-state index is 4.73. The van der Waals surface area contributed by atoms with Crippen molar-refractivity contribution in [3.8, 4) is 0 Å². The molecule has 0 radical (unpaired) electrons. The lowest BCUT2D eigenvalue weighted by molar-refractivity contribution is 0.509. The van der Waals surface area contributed by atoms with E-state index in [9.17, 15) is 0 Å². The van der Waals surface area contributed by atoms with Crippen molar-refractivity contribution in [3.05, 3.63) is 24.2 Å².